The van der Waals surface area contributed by atoms with Gasteiger partial charge in [0.2, 0.25) is 5.91 Å². The Morgan fingerprint density at radius 3 is 3.00 bits per heavy atom. The fourth-order valence-corrected chi connectivity index (χ4v) is 1.12. The minimum atomic E-state index is 0.0111. The van der Waals surface area contributed by atoms with Crippen LogP contribution in [0.5, 0.6) is 0 Å². The quantitative estimate of drug-likeness (QED) is 0.441. The van der Waals surface area contributed by atoms with Gasteiger partial charge in [-0.05, 0) is 0 Å². The van der Waals surface area contributed by atoms with Crippen LogP contribution in [-0.4, -0.2) is 37.6 Å². The molecule has 0 atom stereocenters. The molecule has 0 radical (unpaired) electrons. The van der Waals surface area contributed by atoms with Crippen molar-refractivity contribution < 1.29 is 4.79 Å². The lowest BCUT2D eigenvalue weighted by atomic mass is 10.6. The first-order valence-corrected chi connectivity index (χ1v) is 4.89. The first-order chi connectivity index (χ1) is 5.81. The van der Waals surface area contributed by atoms with E-state index in [9.17, 15) is 4.79 Å². The molecule has 0 aliphatic heterocycles. The van der Waals surface area contributed by atoms with Gasteiger partial charge in [0.15, 0.2) is 0 Å². The van der Waals surface area contributed by atoms with Gasteiger partial charge in [0.25, 0.3) is 0 Å². The Kier molecular flexibility index (Phi) is 7.97. The molecular weight excluding hydrogens is 172 g/mol. The van der Waals surface area contributed by atoms with Crippen LogP contribution in [0.3, 0.4) is 0 Å². The van der Waals surface area contributed by atoms with Crippen molar-refractivity contribution in [3.63, 3.8) is 0 Å². The lowest BCUT2D eigenvalue weighted by Crippen LogP contribution is -2.32. The van der Waals surface area contributed by atoms with Crippen LogP contribution in [0.15, 0.2) is 0 Å². The van der Waals surface area contributed by atoms with Gasteiger partial charge in [-0.3, -0.25) is 4.79 Å². The van der Waals surface area contributed by atoms with E-state index < -0.39 is 0 Å². The van der Waals surface area contributed by atoms with Crippen LogP contribution in [0.2, 0.25) is 0 Å². The minimum Gasteiger partial charge on any atom is -0.358 e. The zero-order chi connectivity index (χ0) is 9.23. The third kappa shape index (κ3) is 7.45. The maximum Gasteiger partial charge on any atom is 0.233 e. The molecule has 0 heterocycles. The molecule has 0 aromatic rings. The van der Waals surface area contributed by atoms with Crippen LogP contribution in [0, 0.1) is 12.3 Å². The molecule has 0 aliphatic rings. The van der Waals surface area contributed by atoms with Crippen molar-refractivity contribution in [2.45, 2.75) is 0 Å². The van der Waals surface area contributed by atoms with Gasteiger partial charge in [-0.2, -0.15) is 0 Å². The fraction of sp³-hybridized carbons (Fsp3) is 0.625. The number of carbonyl (C=O) groups excluding carboxylic acids is 1. The van der Waals surface area contributed by atoms with Gasteiger partial charge in [0.05, 0.1) is 12.3 Å². The molecule has 0 unspecified atom stereocenters. The second kappa shape index (κ2) is 8.44. The second-order valence-corrected chi connectivity index (χ2v) is 3.21. The Morgan fingerprint density at radius 2 is 2.42 bits per heavy atom. The largest absolute Gasteiger partial charge is 0.358 e. The second-order valence-electron chi connectivity index (χ2n) is 2.11. The van der Waals surface area contributed by atoms with E-state index in [-0.39, 0.29) is 5.91 Å². The molecule has 0 aromatic heterocycles. The number of likely N-dealkylation sites (N-methyl/N-ethyl adjacent to an activating group) is 1. The summed E-state index contributed by atoms with van der Waals surface area (Å²) < 4.78 is 0. The van der Waals surface area contributed by atoms with Crippen molar-refractivity contribution in [1.82, 2.24) is 10.6 Å². The zero-order valence-electron chi connectivity index (χ0n) is 7.22. The number of hydrogen-bond donors (Lipinski definition) is 2. The van der Waals surface area contributed by atoms with Gasteiger partial charge in [-0.25, -0.2) is 0 Å². The van der Waals surface area contributed by atoms with E-state index in [0.29, 0.717) is 6.54 Å². The maximum absolute atomic E-state index is 10.7. The normalized spacial score (nSPS) is 9.00. The Morgan fingerprint density at radius 1 is 1.67 bits per heavy atom. The van der Waals surface area contributed by atoms with Crippen molar-refractivity contribution >= 4 is 17.7 Å². The highest BCUT2D eigenvalue weighted by Gasteiger charge is 1.94. The Bertz CT molecular complexity index is 165. The molecule has 4 heteroatoms. The van der Waals surface area contributed by atoms with Crippen molar-refractivity contribution in [3.8, 4) is 12.3 Å². The van der Waals surface area contributed by atoms with E-state index in [0.717, 1.165) is 18.1 Å². The standard InChI is InChI=1S/C8H14N2OS/c1-3-5-12-6-4-10-7-8(11)9-2/h1,10H,4-7H2,2H3,(H,9,11). The van der Waals surface area contributed by atoms with Crippen LogP contribution in [0.25, 0.3) is 0 Å². The third-order valence-electron chi connectivity index (χ3n) is 1.17. The van der Waals surface area contributed by atoms with E-state index in [1.54, 1.807) is 18.8 Å². The van der Waals surface area contributed by atoms with Crippen LogP contribution in [0.1, 0.15) is 0 Å². The van der Waals surface area contributed by atoms with Crippen molar-refractivity contribution in [2.75, 3.05) is 31.6 Å². The van der Waals surface area contributed by atoms with E-state index >= 15 is 0 Å². The highest BCUT2D eigenvalue weighted by Crippen LogP contribution is 1.94. The number of rotatable bonds is 6. The number of hydrogen-bond acceptors (Lipinski definition) is 3. The van der Waals surface area contributed by atoms with Gasteiger partial charge in [0.1, 0.15) is 0 Å². The zero-order valence-corrected chi connectivity index (χ0v) is 8.04. The Balaban J connectivity index is 3.01. The van der Waals surface area contributed by atoms with E-state index in [4.69, 9.17) is 6.42 Å². The lowest BCUT2D eigenvalue weighted by Gasteiger charge is -2.01. The fourth-order valence-electron chi connectivity index (χ4n) is 0.566. The van der Waals surface area contributed by atoms with Gasteiger partial charge in [0, 0.05) is 19.3 Å². The lowest BCUT2D eigenvalue weighted by molar-refractivity contribution is -0.119. The Labute approximate surface area is 77.7 Å². The molecule has 12 heavy (non-hydrogen) atoms. The highest BCUT2D eigenvalue weighted by molar-refractivity contribution is 7.99. The smallest absolute Gasteiger partial charge is 0.233 e. The molecule has 3 nitrogen and oxygen atoms in total. The molecule has 2 N–H and O–H groups in total. The number of thioether (sulfide) groups is 1. The first-order valence-electron chi connectivity index (χ1n) is 3.73. The summed E-state index contributed by atoms with van der Waals surface area (Å²) in [6, 6.07) is 0. The highest BCUT2D eigenvalue weighted by atomic mass is 32.2. The number of amides is 1. The van der Waals surface area contributed by atoms with Gasteiger partial charge < -0.3 is 10.6 Å². The molecule has 0 saturated heterocycles. The summed E-state index contributed by atoms with van der Waals surface area (Å²) in [5.74, 6) is 4.23. The van der Waals surface area contributed by atoms with Crippen molar-refractivity contribution in [3.05, 3.63) is 0 Å². The van der Waals surface area contributed by atoms with E-state index in [1.165, 1.54) is 0 Å². The van der Waals surface area contributed by atoms with Crippen LogP contribution in [-0.2, 0) is 4.79 Å². The summed E-state index contributed by atoms with van der Waals surface area (Å²) in [5.41, 5.74) is 0. The summed E-state index contributed by atoms with van der Waals surface area (Å²) in [6.07, 6.45) is 5.06. The molecule has 0 saturated carbocycles. The molecule has 0 bridgehead atoms. The van der Waals surface area contributed by atoms with E-state index in [1.807, 2.05) is 0 Å². The van der Waals surface area contributed by atoms with Crippen molar-refractivity contribution in [2.24, 2.45) is 0 Å². The predicted molar refractivity (Wildman–Crippen MR) is 53.1 cm³/mol. The summed E-state index contributed by atoms with van der Waals surface area (Å²) in [5, 5.41) is 5.52. The van der Waals surface area contributed by atoms with Crippen LogP contribution in [0.4, 0.5) is 0 Å². The number of terminal acetylenes is 1. The molecule has 1 amide bonds. The third-order valence-corrected chi connectivity index (χ3v) is 2.04. The molecule has 0 spiro atoms. The summed E-state index contributed by atoms with van der Waals surface area (Å²) in [4.78, 5) is 10.7. The first kappa shape index (κ1) is 11.3. The van der Waals surface area contributed by atoms with Crippen LogP contribution < -0.4 is 10.6 Å². The minimum absolute atomic E-state index is 0.0111. The molecule has 0 fully saturated rings. The van der Waals surface area contributed by atoms with Gasteiger partial charge in [-0.15, -0.1) is 18.2 Å². The SMILES string of the molecule is C#CCSCCNCC(=O)NC. The average Bonchev–Trinajstić information content (AvgIpc) is 2.10. The topological polar surface area (TPSA) is 41.1 Å². The molecular formula is C8H14N2OS. The van der Waals surface area contributed by atoms with Gasteiger partial charge in [-0.1, -0.05) is 5.92 Å². The van der Waals surface area contributed by atoms with Gasteiger partial charge >= 0.3 is 0 Å². The van der Waals surface area contributed by atoms with E-state index in [2.05, 4.69) is 16.6 Å². The molecule has 0 rings (SSSR count). The molecule has 68 valence electrons. The maximum atomic E-state index is 10.7. The Hall–Kier alpha value is -0.660. The number of carbonyl (C=O) groups is 1. The van der Waals surface area contributed by atoms with Crippen LogP contribution >= 0.6 is 11.8 Å². The molecule has 0 aliphatic carbocycles. The summed E-state index contributed by atoms with van der Waals surface area (Å²) in [7, 11) is 1.62. The average molecular weight is 186 g/mol. The molecule has 0 aromatic carbocycles. The monoisotopic (exact) mass is 186 g/mol. The summed E-state index contributed by atoms with van der Waals surface area (Å²) in [6.45, 7) is 1.20. The predicted octanol–water partition coefficient (Wildman–Crippen LogP) is -0.312. The van der Waals surface area contributed by atoms with Crippen molar-refractivity contribution in [1.29, 1.82) is 0 Å². The number of nitrogens with one attached hydrogen (secondary N) is 2. The summed E-state index contributed by atoms with van der Waals surface area (Å²) >= 11 is 1.68.